The molecule has 0 heterocycles. The van der Waals surface area contributed by atoms with E-state index in [0.717, 1.165) is 13.8 Å². The number of carbonyl (C=O) groups is 3. The number of hydrogen-bond donors (Lipinski definition) is 1. The van der Waals surface area contributed by atoms with Crippen LogP contribution in [0.15, 0.2) is 0 Å². The van der Waals surface area contributed by atoms with Gasteiger partial charge in [0.1, 0.15) is 0 Å². The predicted octanol–water partition coefficient (Wildman–Crippen LogP) is -13.4. The SMILES string of the molecule is CC(=O)[O-].CC(=O)[O-].NCCC(=O)[O-].[Na+].[Na+].[Na+]. The average molecular weight is 275 g/mol. The van der Waals surface area contributed by atoms with Gasteiger partial charge < -0.3 is 35.4 Å². The van der Waals surface area contributed by atoms with Crippen LogP contribution in [0.3, 0.4) is 0 Å². The molecule has 0 amide bonds. The van der Waals surface area contributed by atoms with Gasteiger partial charge in [0, 0.05) is 17.9 Å². The van der Waals surface area contributed by atoms with Gasteiger partial charge in [0.05, 0.1) is 0 Å². The van der Waals surface area contributed by atoms with Crippen molar-refractivity contribution in [2.24, 2.45) is 5.73 Å². The average Bonchev–Trinajstić information content (AvgIpc) is 1.82. The summed E-state index contributed by atoms with van der Waals surface area (Å²) in [5.41, 5.74) is 4.81. The molecule has 7 nitrogen and oxygen atoms in total. The summed E-state index contributed by atoms with van der Waals surface area (Å²) < 4.78 is 0. The number of nitrogens with two attached hydrogens (primary N) is 1. The van der Waals surface area contributed by atoms with E-state index in [1.165, 1.54) is 0 Å². The molecule has 0 aliphatic rings. The van der Waals surface area contributed by atoms with Crippen LogP contribution < -0.4 is 110 Å². The number of carboxylic acids is 3. The molecule has 0 atom stereocenters. The molecule has 0 saturated heterocycles. The molecular weight excluding hydrogens is 263 g/mol. The summed E-state index contributed by atoms with van der Waals surface area (Å²) >= 11 is 0. The van der Waals surface area contributed by atoms with E-state index in [4.69, 9.17) is 25.5 Å². The predicted molar refractivity (Wildman–Crippen MR) is 40.0 cm³/mol. The molecule has 0 aromatic rings. The monoisotopic (exact) mass is 275 g/mol. The van der Waals surface area contributed by atoms with Crippen LogP contribution in [-0.4, -0.2) is 24.5 Å². The minimum atomic E-state index is -1.09. The van der Waals surface area contributed by atoms with E-state index in [0.29, 0.717) is 0 Å². The van der Waals surface area contributed by atoms with Crippen LogP contribution in [0.25, 0.3) is 0 Å². The van der Waals surface area contributed by atoms with Gasteiger partial charge in [-0.15, -0.1) is 0 Å². The van der Waals surface area contributed by atoms with E-state index in [-0.39, 0.29) is 102 Å². The van der Waals surface area contributed by atoms with Gasteiger partial charge in [0.15, 0.2) is 0 Å². The standard InChI is InChI=1S/C3H7NO2.2C2H4O2.3Na/c4-2-1-3(5)6;2*1-2(3)4;;;/h1-2,4H2,(H,5,6);2*1H3,(H,3,4);;;/q;;;3*+1/p-3. The largest absolute Gasteiger partial charge is 1.00 e. The fourth-order valence-corrected chi connectivity index (χ4v) is 0.118. The molecule has 17 heavy (non-hydrogen) atoms. The van der Waals surface area contributed by atoms with Crippen LogP contribution in [0.1, 0.15) is 20.3 Å². The Morgan fingerprint density at radius 1 is 0.882 bits per heavy atom. The van der Waals surface area contributed by atoms with E-state index in [1.54, 1.807) is 0 Å². The van der Waals surface area contributed by atoms with Gasteiger partial charge in [0.25, 0.3) is 0 Å². The summed E-state index contributed by atoms with van der Waals surface area (Å²) in [5, 5.41) is 27.2. The van der Waals surface area contributed by atoms with Crippen molar-refractivity contribution >= 4 is 17.9 Å². The normalized spacial score (nSPS) is 5.82. The van der Waals surface area contributed by atoms with Gasteiger partial charge in [0.2, 0.25) is 0 Å². The molecule has 2 N–H and O–H groups in total. The molecule has 0 spiro atoms. The van der Waals surface area contributed by atoms with Crippen molar-refractivity contribution in [2.75, 3.05) is 6.54 Å². The fraction of sp³-hybridized carbons (Fsp3) is 0.571. The number of rotatable bonds is 2. The van der Waals surface area contributed by atoms with Crippen molar-refractivity contribution in [1.82, 2.24) is 0 Å². The summed E-state index contributed by atoms with van der Waals surface area (Å²) in [4.78, 5) is 27.2. The third-order valence-corrected chi connectivity index (χ3v) is 0.348. The quantitative estimate of drug-likeness (QED) is 0.492. The summed E-state index contributed by atoms with van der Waals surface area (Å²) in [7, 11) is 0. The van der Waals surface area contributed by atoms with E-state index in [1.807, 2.05) is 0 Å². The summed E-state index contributed by atoms with van der Waals surface area (Å²) in [6, 6.07) is 0. The molecular formula is C7H12NNa3O6. The summed E-state index contributed by atoms with van der Waals surface area (Å²) in [6.07, 6.45) is -0.0417. The second kappa shape index (κ2) is 30.4. The Morgan fingerprint density at radius 2 is 1.06 bits per heavy atom. The fourth-order valence-electron chi connectivity index (χ4n) is 0.118. The maximum atomic E-state index is 9.41. The number of carboxylic acid groups (broad SMARTS) is 3. The Hall–Kier alpha value is 1.37. The molecule has 10 heteroatoms. The van der Waals surface area contributed by atoms with Crippen molar-refractivity contribution < 1.29 is 118 Å². The summed E-state index contributed by atoms with van der Waals surface area (Å²) in [6.45, 7) is 2.11. The Bertz CT molecular complexity index is 170. The first kappa shape index (κ1) is 36.2. The third-order valence-electron chi connectivity index (χ3n) is 0.348. The zero-order chi connectivity index (χ0) is 12.1. The topological polar surface area (TPSA) is 146 Å². The maximum Gasteiger partial charge on any atom is 1.00 e. The van der Waals surface area contributed by atoms with Crippen molar-refractivity contribution in [1.29, 1.82) is 0 Å². The summed E-state index contributed by atoms with van der Waals surface area (Å²) in [5.74, 6) is -3.25. The van der Waals surface area contributed by atoms with Gasteiger partial charge in [-0.05, 0) is 26.8 Å². The molecule has 0 rings (SSSR count). The van der Waals surface area contributed by atoms with Crippen LogP contribution in [-0.2, 0) is 14.4 Å². The minimum absolute atomic E-state index is 0. The first-order valence-electron chi connectivity index (χ1n) is 3.49. The van der Waals surface area contributed by atoms with Gasteiger partial charge in [-0.1, -0.05) is 0 Å². The smallest absolute Gasteiger partial charge is 0.550 e. The second-order valence-electron chi connectivity index (χ2n) is 1.89. The third kappa shape index (κ3) is 215. The van der Waals surface area contributed by atoms with E-state index in [9.17, 15) is 9.90 Å². The van der Waals surface area contributed by atoms with Gasteiger partial charge in [-0.3, -0.25) is 0 Å². The van der Waals surface area contributed by atoms with E-state index in [2.05, 4.69) is 0 Å². The molecule has 0 unspecified atom stereocenters. The van der Waals surface area contributed by atoms with E-state index >= 15 is 0 Å². The van der Waals surface area contributed by atoms with Crippen LogP contribution in [0.5, 0.6) is 0 Å². The van der Waals surface area contributed by atoms with Crippen LogP contribution in [0.2, 0.25) is 0 Å². The maximum absolute atomic E-state index is 9.41. The molecule has 0 fully saturated rings. The van der Waals surface area contributed by atoms with Gasteiger partial charge >= 0.3 is 88.7 Å². The van der Waals surface area contributed by atoms with E-state index < -0.39 is 17.9 Å². The second-order valence-corrected chi connectivity index (χ2v) is 1.89. The molecule has 0 aromatic heterocycles. The molecule has 84 valence electrons. The zero-order valence-corrected chi connectivity index (χ0v) is 16.9. The zero-order valence-electron chi connectivity index (χ0n) is 10.9. The molecule has 0 saturated carbocycles. The Balaban J connectivity index is -0.0000000252. The van der Waals surface area contributed by atoms with Gasteiger partial charge in [-0.25, -0.2) is 0 Å². The molecule has 0 aliphatic heterocycles. The van der Waals surface area contributed by atoms with Crippen molar-refractivity contribution in [3.63, 3.8) is 0 Å². The number of carbonyl (C=O) groups excluding carboxylic acids is 3. The van der Waals surface area contributed by atoms with Crippen LogP contribution in [0.4, 0.5) is 0 Å². The van der Waals surface area contributed by atoms with Crippen LogP contribution >= 0.6 is 0 Å². The first-order chi connectivity index (χ1) is 6.23. The Kier molecular flexibility index (Phi) is 64.8. The Labute approximate surface area is 166 Å². The van der Waals surface area contributed by atoms with Gasteiger partial charge in [-0.2, -0.15) is 0 Å². The van der Waals surface area contributed by atoms with Crippen molar-refractivity contribution in [2.45, 2.75) is 20.3 Å². The first-order valence-corrected chi connectivity index (χ1v) is 3.49. The molecule has 0 bridgehead atoms. The number of hydrogen-bond acceptors (Lipinski definition) is 7. The van der Waals surface area contributed by atoms with Crippen molar-refractivity contribution in [3.05, 3.63) is 0 Å². The molecule has 0 aliphatic carbocycles. The van der Waals surface area contributed by atoms with Crippen LogP contribution in [0, 0.1) is 0 Å². The Morgan fingerprint density at radius 3 is 1.06 bits per heavy atom. The molecule has 0 aromatic carbocycles. The molecule has 0 radical (unpaired) electrons. The number of aliphatic carboxylic acids is 3. The minimum Gasteiger partial charge on any atom is -0.550 e. The van der Waals surface area contributed by atoms with Crippen molar-refractivity contribution in [3.8, 4) is 0 Å².